The van der Waals surface area contributed by atoms with Crippen LogP contribution in [-0.2, 0) is 9.59 Å². The van der Waals surface area contributed by atoms with E-state index in [4.69, 9.17) is 9.47 Å². The Bertz CT molecular complexity index is 844. The van der Waals surface area contributed by atoms with Crippen LogP contribution in [-0.4, -0.2) is 42.0 Å². The normalized spacial score (nSPS) is 20.6. The van der Waals surface area contributed by atoms with Crippen molar-refractivity contribution in [3.8, 4) is 11.5 Å². The average Bonchev–Trinajstić information content (AvgIpc) is 3.05. The maximum absolute atomic E-state index is 12.8. The van der Waals surface area contributed by atoms with Gasteiger partial charge in [-0.1, -0.05) is 0 Å². The van der Waals surface area contributed by atoms with Crippen molar-refractivity contribution in [3.63, 3.8) is 0 Å². The highest BCUT2D eigenvalue weighted by Crippen LogP contribution is 2.32. The number of nitrogens with zero attached hydrogens (tertiary/aromatic N) is 2. The van der Waals surface area contributed by atoms with Crippen LogP contribution in [0.5, 0.6) is 11.5 Å². The molecule has 26 heavy (non-hydrogen) atoms. The van der Waals surface area contributed by atoms with E-state index in [0.717, 1.165) is 5.57 Å². The fourth-order valence-corrected chi connectivity index (χ4v) is 2.89. The minimum Gasteiger partial charge on any atom is -0.486 e. The van der Waals surface area contributed by atoms with Crippen LogP contribution in [0.4, 0.5) is 5.69 Å². The van der Waals surface area contributed by atoms with Gasteiger partial charge in [-0.2, -0.15) is 4.99 Å². The highest BCUT2D eigenvalue weighted by molar-refractivity contribution is 6.07. The molecule has 9 nitrogen and oxygen atoms in total. The molecule has 0 bridgehead atoms. The number of anilines is 1. The summed E-state index contributed by atoms with van der Waals surface area (Å²) < 4.78 is 11.0. The third kappa shape index (κ3) is 2.92. The molecular formula is C17H19N5O4. The van der Waals surface area contributed by atoms with Crippen molar-refractivity contribution in [2.24, 2.45) is 4.99 Å². The predicted octanol–water partition coefficient (Wildman–Crippen LogP) is 0.712. The quantitative estimate of drug-likeness (QED) is 0.720. The first-order chi connectivity index (χ1) is 12.5. The molecular weight excluding hydrogens is 338 g/mol. The Morgan fingerprint density at radius 2 is 2.04 bits per heavy atom. The van der Waals surface area contributed by atoms with E-state index in [2.05, 4.69) is 21.1 Å². The van der Waals surface area contributed by atoms with Crippen LogP contribution in [0.1, 0.15) is 20.3 Å². The lowest BCUT2D eigenvalue weighted by Crippen LogP contribution is -2.61. The zero-order chi connectivity index (χ0) is 18.3. The minimum absolute atomic E-state index is 0.0262. The molecule has 3 heterocycles. The number of nitrogens with one attached hydrogen (secondary N) is 3. The number of hydrogen-bond acceptors (Lipinski definition) is 7. The molecule has 1 aromatic carbocycles. The molecule has 4 rings (SSSR count). The number of guanidine groups is 1. The number of carbonyl (C=O) groups is 2. The molecule has 0 radical (unpaired) electrons. The Hall–Kier alpha value is -3.23. The molecule has 3 aliphatic heterocycles. The van der Waals surface area contributed by atoms with Gasteiger partial charge in [0.05, 0.1) is 6.42 Å². The third-order valence-corrected chi connectivity index (χ3v) is 4.20. The predicted molar refractivity (Wildman–Crippen MR) is 93.4 cm³/mol. The topological polar surface area (TPSA) is 104 Å². The molecule has 3 N–H and O–H groups in total. The van der Waals surface area contributed by atoms with Gasteiger partial charge < -0.3 is 14.8 Å². The zero-order valence-corrected chi connectivity index (χ0v) is 14.5. The van der Waals surface area contributed by atoms with E-state index in [1.54, 1.807) is 23.2 Å². The Morgan fingerprint density at radius 3 is 2.81 bits per heavy atom. The molecule has 0 aliphatic carbocycles. The number of fused-ring (bicyclic) bond motifs is 2. The van der Waals surface area contributed by atoms with Crippen LogP contribution in [0.25, 0.3) is 0 Å². The van der Waals surface area contributed by atoms with Crippen molar-refractivity contribution in [2.45, 2.75) is 26.3 Å². The number of hydrazine groups is 1. The third-order valence-electron chi connectivity index (χ3n) is 4.20. The van der Waals surface area contributed by atoms with E-state index in [0.29, 0.717) is 42.2 Å². The van der Waals surface area contributed by atoms with Crippen LogP contribution in [0.15, 0.2) is 34.6 Å². The van der Waals surface area contributed by atoms with Gasteiger partial charge in [0.2, 0.25) is 17.8 Å². The summed E-state index contributed by atoms with van der Waals surface area (Å²) in [5.41, 5.74) is 4.59. The van der Waals surface area contributed by atoms with Crippen molar-refractivity contribution in [1.29, 1.82) is 0 Å². The number of allylic oxidation sites excluding steroid dienone is 1. The summed E-state index contributed by atoms with van der Waals surface area (Å²) in [6.07, 6.45) is 0.0262. The largest absolute Gasteiger partial charge is 0.486 e. The maximum atomic E-state index is 12.8. The van der Waals surface area contributed by atoms with Gasteiger partial charge in [-0.05, 0) is 31.6 Å². The van der Waals surface area contributed by atoms with Gasteiger partial charge >= 0.3 is 0 Å². The molecule has 1 fully saturated rings. The van der Waals surface area contributed by atoms with Crippen LogP contribution in [0.3, 0.4) is 0 Å². The minimum atomic E-state index is -0.715. The van der Waals surface area contributed by atoms with Gasteiger partial charge in [-0.15, -0.1) is 0 Å². The molecule has 9 heteroatoms. The Labute approximate surface area is 150 Å². The first-order valence-corrected chi connectivity index (χ1v) is 8.33. The lowest BCUT2D eigenvalue weighted by Gasteiger charge is -2.32. The average molecular weight is 357 g/mol. The van der Waals surface area contributed by atoms with Crippen molar-refractivity contribution < 1.29 is 19.1 Å². The Morgan fingerprint density at radius 1 is 1.27 bits per heavy atom. The second-order valence-electron chi connectivity index (χ2n) is 6.38. The van der Waals surface area contributed by atoms with Crippen LogP contribution in [0, 0.1) is 0 Å². The van der Waals surface area contributed by atoms with Crippen molar-refractivity contribution in [3.05, 3.63) is 29.6 Å². The van der Waals surface area contributed by atoms with Crippen LogP contribution in [0.2, 0.25) is 0 Å². The summed E-state index contributed by atoms with van der Waals surface area (Å²) in [6, 6.07) is 4.48. The van der Waals surface area contributed by atoms with Gasteiger partial charge in [0.15, 0.2) is 11.5 Å². The summed E-state index contributed by atoms with van der Waals surface area (Å²) in [4.78, 5) is 29.1. The van der Waals surface area contributed by atoms with E-state index in [-0.39, 0.29) is 18.2 Å². The van der Waals surface area contributed by atoms with E-state index in [9.17, 15) is 9.59 Å². The molecule has 0 aromatic heterocycles. The SMILES string of the molecule is CC(C)=C1N=C2NC(=O)CC(C(=O)Nc3ccc4c(c3)OCCO4)N2N1. The summed E-state index contributed by atoms with van der Waals surface area (Å²) in [5, 5.41) is 7.09. The van der Waals surface area contributed by atoms with Crippen LogP contribution < -0.4 is 25.5 Å². The molecule has 0 saturated carbocycles. The lowest BCUT2D eigenvalue weighted by molar-refractivity contribution is -0.129. The van der Waals surface area contributed by atoms with E-state index >= 15 is 0 Å². The van der Waals surface area contributed by atoms with Gasteiger partial charge in [0.1, 0.15) is 25.1 Å². The van der Waals surface area contributed by atoms with Crippen LogP contribution >= 0.6 is 0 Å². The first kappa shape index (κ1) is 16.2. The molecule has 0 spiro atoms. The molecule has 1 atom stereocenters. The molecule has 3 aliphatic rings. The van der Waals surface area contributed by atoms with Crippen molar-refractivity contribution >= 4 is 23.5 Å². The molecule has 2 amide bonds. The molecule has 1 saturated heterocycles. The number of carbonyl (C=O) groups excluding carboxylic acids is 2. The fraction of sp³-hybridized carbons (Fsp3) is 0.353. The summed E-state index contributed by atoms with van der Waals surface area (Å²) in [5.74, 6) is 1.63. The highest BCUT2D eigenvalue weighted by Gasteiger charge is 2.39. The van der Waals surface area contributed by atoms with Crippen molar-refractivity contribution in [1.82, 2.24) is 15.8 Å². The monoisotopic (exact) mass is 357 g/mol. The number of amides is 2. The standard InChI is InChI=1S/C17H19N5O4/c1-9(2)15-20-17-19-14(23)8-11(22(17)21-15)16(24)18-10-3-4-12-13(7-10)26-6-5-25-12/h3-4,7,11,21H,5-6,8H2,1-2H3,(H,18,24)(H,19,20,23). The smallest absolute Gasteiger partial charge is 0.249 e. The lowest BCUT2D eigenvalue weighted by atomic mass is 10.1. The molecule has 1 aromatic rings. The summed E-state index contributed by atoms with van der Waals surface area (Å²) in [7, 11) is 0. The molecule has 1 unspecified atom stereocenters. The van der Waals surface area contributed by atoms with E-state index in [1.165, 1.54) is 0 Å². The maximum Gasteiger partial charge on any atom is 0.249 e. The second-order valence-corrected chi connectivity index (χ2v) is 6.38. The van der Waals surface area contributed by atoms with E-state index < -0.39 is 6.04 Å². The van der Waals surface area contributed by atoms with Gasteiger partial charge in [0, 0.05) is 11.8 Å². The Kier molecular flexibility index (Phi) is 3.90. The second kappa shape index (κ2) is 6.25. The number of rotatable bonds is 2. The first-order valence-electron chi connectivity index (χ1n) is 8.33. The highest BCUT2D eigenvalue weighted by atomic mass is 16.6. The zero-order valence-electron chi connectivity index (χ0n) is 14.5. The summed E-state index contributed by atoms with van der Waals surface area (Å²) in [6.45, 7) is 4.77. The number of hydrogen-bond donors (Lipinski definition) is 3. The van der Waals surface area contributed by atoms with Gasteiger partial charge in [0.25, 0.3) is 0 Å². The number of benzene rings is 1. The number of ether oxygens (including phenoxy) is 2. The molecule has 136 valence electrons. The van der Waals surface area contributed by atoms with Gasteiger partial charge in [-0.3, -0.25) is 20.3 Å². The Balaban J connectivity index is 1.53. The van der Waals surface area contributed by atoms with Gasteiger partial charge in [-0.25, -0.2) is 5.01 Å². The van der Waals surface area contributed by atoms with E-state index in [1.807, 2.05) is 13.8 Å². The van der Waals surface area contributed by atoms with Crippen molar-refractivity contribution in [2.75, 3.05) is 18.5 Å². The fourth-order valence-electron chi connectivity index (χ4n) is 2.89. The number of aliphatic imine (C=N–C) groups is 1. The summed E-state index contributed by atoms with van der Waals surface area (Å²) >= 11 is 0.